The van der Waals surface area contributed by atoms with Crippen LogP contribution in [0.4, 0.5) is 0 Å². The molecule has 0 amide bonds. The van der Waals surface area contributed by atoms with Crippen molar-refractivity contribution in [2.45, 2.75) is 178 Å². The minimum absolute atomic E-state index is 0.0480. The minimum Gasteiger partial charge on any atom is -0.414 e. The van der Waals surface area contributed by atoms with Gasteiger partial charge in [0.2, 0.25) is 0 Å². The molecule has 46 heavy (non-hydrogen) atoms. The van der Waals surface area contributed by atoms with E-state index in [1.165, 1.54) is 11.8 Å². The highest BCUT2D eigenvalue weighted by molar-refractivity contribution is 7.99. The highest BCUT2D eigenvalue weighted by Crippen LogP contribution is 2.44. The lowest BCUT2D eigenvalue weighted by Gasteiger charge is -2.43. The Morgan fingerprint density at radius 3 is 1.37 bits per heavy atom. The minimum atomic E-state index is -1.86. The van der Waals surface area contributed by atoms with Gasteiger partial charge >= 0.3 is 0 Å². The Bertz CT molecular complexity index is 923. The fourth-order valence-electron chi connectivity index (χ4n) is 5.64. The summed E-state index contributed by atoms with van der Waals surface area (Å²) in [6.45, 7) is 33.4. The zero-order valence-corrected chi connectivity index (χ0v) is 35.4. The summed E-state index contributed by atoms with van der Waals surface area (Å²) in [4.78, 5) is 0. The summed E-state index contributed by atoms with van der Waals surface area (Å²) >= 11 is 3.24. The number of ether oxygens (including phenoxy) is 6. The van der Waals surface area contributed by atoms with E-state index in [1.54, 1.807) is 11.8 Å². The summed E-state index contributed by atoms with van der Waals surface area (Å²) in [5.41, 5.74) is -0.191. The van der Waals surface area contributed by atoms with E-state index in [2.05, 4.69) is 80.9 Å². The molecular weight excluding hydrogens is 661 g/mol. The van der Waals surface area contributed by atoms with Crippen molar-refractivity contribution in [1.82, 2.24) is 0 Å². The first-order valence-corrected chi connectivity index (χ1v) is 25.2. The Labute approximate surface area is 290 Å². The predicted octanol–water partition coefficient (Wildman–Crippen LogP) is 7.23. The van der Waals surface area contributed by atoms with Crippen LogP contribution in [-0.2, 0) is 37.3 Å². The summed E-state index contributed by atoms with van der Waals surface area (Å²) in [6.07, 6.45) is 2.40. The molecule has 10 atom stereocenters. The van der Waals surface area contributed by atoms with Gasteiger partial charge in [0, 0.05) is 5.92 Å². The number of aliphatic hydroxyl groups is 1. The first-order valence-electron chi connectivity index (χ1n) is 16.8. The quantitative estimate of drug-likeness (QED) is 0.257. The van der Waals surface area contributed by atoms with E-state index in [-0.39, 0.29) is 57.6 Å². The molecule has 4 rings (SSSR count). The average molecular weight is 727 g/mol. The molecule has 4 unspecified atom stereocenters. The lowest BCUT2D eigenvalue weighted by Crippen LogP contribution is -2.57. The third-order valence-corrected chi connectivity index (χ3v) is 21.4. The van der Waals surface area contributed by atoms with Gasteiger partial charge in [-0.1, -0.05) is 48.5 Å². The Morgan fingerprint density at radius 2 is 0.978 bits per heavy atom. The van der Waals surface area contributed by atoms with Crippen LogP contribution >= 0.6 is 23.5 Å². The molecule has 13 heteroatoms. The third-order valence-electron chi connectivity index (χ3n) is 10.5. The normalized spacial score (nSPS) is 37.7. The zero-order valence-electron chi connectivity index (χ0n) is 31.7. The van der Waals surface area contributed by atoms with Gasteiger partial charge in [-0.15, -0.1) is 23.5 Å². The molecule has 0 aromatic rings. The highest BCUT2D eigenvalue weighted by atomic mass is 32.2. The van der Waals surface area contributed by atoms with Crippen LogP contribution < -0.4 is 0 Å². The van der Waals surface area contributed by atoms with Gasteiger partial charge in [-0.3, -0.25) is 0 Å². The molecule has 4 heterocycles. The van der Waals surface area contributed by atoms with E-state index in [0.717, 1.165) is 0 Å². The van der Waals surface area contributed by atoms with Gasteiger partial charge in [0.1, 0.15) is 47.5 Å². The summed E-state index contributed by atoms with van der Waals surface area (Å²) in [5.74, 6) is -0.946. The molecule has 0 aromatic heterocycles. The molecule has 0 aromatic carbocycles. The monoisotopic (exact) mass is 726 g/mol. The molecular formula is C33H66O9S2Si2. The second kappa shape index (κ2) is 14.8. The summed E-state index contributed by atoms with van der Waals surface area (Å²) < 4.78 is 49.4. The van der Waals surface area contributed by atoms with E-state index >= 15 is 0 Å². The van der Waals surface area contributed by atoms with E-state index in [1.807, 2.05) is 34.0 Å². The van der Waals surface area contributed by atoms with Crippen LogP contribution in [-0.4, -0.2) is 113 Å². The highest BCUT2D eigenvalue weighted by Gasteiger charge is 2.56. The summed E-state index contributed by atoms with van der Waals surface area (Å²) in [7, 11) is -3.66. The number of hydrogen-bond donors (Lipinski definition) is 1. The van der Waals surface area contributed by atoms with Gasteiger partial charge < -0.3 is 42.4 Å². The van der Waals surface area contributed by atoms with Crippen molar-refractivity contribution in [2.24, 2.45) is 5.92 Å². The molecule has 272 valence electrons. The van der Waals surface area contributed by atoms with Crippen LogP contribution in [0.15, 0.2) is 0 Å². The standard InChI is InChI=1S/C17H34O4SSi.C16H32O5SSi/c1-11-13-14(21-17(5,6)20-13)12(19-15(11)22-7)10-18-23(8,9)16(2,3)4;1-15(2,3)23(7,8)18-9-10-12-13(21-16(4,5)20-12)11(17)14(19-10)22-6/h11-15H,10H2,1-9H3;10-14,17H,9H2,1-8H3/t11?,12?,13-,14+,15+;10?,11?,12-,13+,14-/m10/s1. The number of thioether (sulfide) groups is 2. The molecule has 1 N–H and O–H groups in total. The molecule has 4 aliphatic heterocycles. The lowest BCUT2D eigenvalue weighted by molar-refractivity contribution is -0.166. The van der Waals surface area contributed by atoms with Gasteiger partial charge in [0.25, 0.3) is 0 Å². The van der Waals surface area contributed by atoms with Crippen molar-refractivity contribution in [2.75, 3.05) is 25.7 Å². The molecule has 0 aliphatic carbocycles. The first-order chi connectivity index (χ1) is 20.8. The molecule has 9 nitrogen and oxygen atoms in total. The Morgan fingerprint density at radius 1 is 0.630 bits per heavy atom. The smallest absolute Gasteiger partial charge is 0.192 e. The molecule has 0 saturated carbocycles. The van der Waals surface area contributed by atoms with Crippen LogP contribution in [0, 0.1) is 5.92 Å². The zero-order chi connectivity index (χ0) is 35.3. The first kappa shape index (κ1) is 41.2. The van der Waals surface area contributed by atoms with Crippen molar-refractivity contribution in [3.05, 3.63) is 0 Å². The van der Waals surface area contributed by atoms with E-state index < -0.39 is 34.3 Å². The molecule has 4 aliphatic rings. The summed E-state index contributed by atoms with van der Waals surface area (Å²) in [5, 5.41) is 10.8. The number of rotatable bonds is 8. The number of fused-ring (bicyclic) bond motifs is 2. The van der Waals surface area contributed by atoms with Crippen molar-refractivity contribution in [3.8, 4) is 0 Å². The van der Waals surface area contributed by atoms with Gasteiger partial charge in [0.05, 0.1) is 19.3 Å². The van der Waals surface area contributed by atoms with Gasteiger partial charge in [0.15, 0.2) is 28.2 Å². The van der Waals surface area contributed by atoms with Crippen LogP contribution in [0.5, 0.6) is 0 Å². The number of aliphatic hydroxyl groups excluding tert-OH is 1. The van der Waals surface area contributed by atoms with Crippen molar-refractivity contribution in [1.29, 1.82) is 0 Å². The predicted molar refractivity (Wildman–Crippen MR) is 193 cm³/mol. The maximum Gasteiger partial charge on any atom is 0.192 e. The fourth-order valence-corrected chi connectivity index (χ4v) is 9.19. The third kappa shape index (κ3) is 9.55. The Balaban J connectivity index is 0.000000250. The van der Waals surface area contributed by atoms with Crippen LogP contribution in [0.3, 0.4) is 0 Å². The van der Waals surface area contributed by atoms with E-state index in [9.17, 15) is 5.11 Å². The maximum atomic E-state index is 10.5. The second-order valence-electron chi connectivity index (χ2n) is 17.2. The average Bonchev–Trinajstić information content (AvgIpc) is 3.42. The van der Waals surface area contributed by atoms with Crippen molar-refractivity contribution in [3.63, 3.8) is 0 Å². The van der Waals surface area contributed by atoms with Gasteiger partial charge in [-0.05, 0) is 76.5 Å². The Kier molecular flexibility index (Phi) is 13.2. The van der Waals surface area contributed by atoms with E-state index in [0.29, 0.717) is 19.1 Å². The second-order valence-corrected chi connectivity index (χ2v) is 28.7. The molecule has 4 fully saturated rings. The van der Waals surface area contributed by atoms with E-state index in [4.69, 9.17) is 37.3 Å². The van der Waals surface area contributed by atoms with Crippen LogP contribution in [0.2, 0.25) is 36.3 Å². The molecule has 0 radical (unpaired) electrons. The Hall–Kier alpha value is 0.774. The van der Waals surface area contributed by atoms with Crippen molar-refractivity contribution < 1.29 is 42.4 Å². The summed E-state index contributed by atoms with van der Waals surface area (Å²) in [6, 6.07) is 0. The lowest BCUT2D eigenvalue weighted by atomic mass is 9.94. The molecule has 4 saturated heterocycles. The van der Waals surface area contributed by atoms with Crippen molar-refractivity contribution >= 4 is 40.2 Å². The largest absolute Gasteiger partial charge is 0.414 e. The number of hydrogen-bond acceptors (Lipinski definition) is 11. The fraction of sp³-hybridized carbons (Fsp3) is 1.00. The van der Waals surface area contributed by atoms with Crippen LogP contribution in [0.1, 0.15) is 76.2 Å². The SMILES string of the molecule is CS[C@@H]1OC(CO[Si](C)(C)C(C)(C)C)[C@@H]2OC(C)(C)O[C@@H]2C1C.CS[C@@H]1OC(CO[Si](C)(C)C(C)(C)C)[C@@H]2OC(C)(C)O[C@@H]2C1O. The van der Waals surface area contributed by atoms with Crippen LogP contribution in [0.25, 0.3) is 0 Å². The molecule has 0 bridgehead atoms. The van der Waals surface area contributed by atoms with Gasteiger partial charge in [-0.25, -0.2) is 0 Å². The van der Waals surface area contributed by atoms with Gasteiger partial charge in [-0.2, -0.15) is 0 Å². The maximum absolute atomic E-state index is 10.5. The molecule has 0 spiro atoms. The topological polar surface area (TPSA) is 94.1 Å².